The lowest BCUT2D eigenvalue weighted by molar-refractivity contribution is -0.192. The summed E-state index contributed by atoms with van der Waals surface area (Å²) in [5.41, 5.74) is 3.51. The van der Waals surface area contributed by atoms with Crippen LogP contribution in [-0.4, -0.2) is 46.6 Å². The minimum absolute atomic E-state index is 0.0284. The van der Waals surface area contributed by atoms with Crippen molar-refractivity contribution in [2.75, 3.05) is 18.9 Å². The van der Waals surface area contributed by atoms with Crippen molar-refractivity contribution < 1.29 is 27.9 Å². The van der Waals surface area contributed by atoms with Crippen molar-refractivity contribution in [2.45, 2.75) is 26.1 Å². The van der Waals surface area contributed by atoms with E-state index in [1.54, 1.807) is 29.6 Å². The van der Waals surface area contributed by atoms with E-state index in [9.17, 15) is 18.0 Å². The minimum atomic E-state index is -5.08. The Bertz CT molecular complexity index is 1060. The number of aromatic nitrogens is 1. The van der Waals surface area contributed by atoms with Gasteiger partial charge in [0.1, 0.15) is 10.0 Å². The number of rotatable bonds is 2. The van der Waals surface area contributed by atoms with Gasteiger partial charge >= 0.3 is 12.1 Å². The van der Waals surface area contributed by atoms with Gasteiger partial charge in [0, 0.05) is 30.5 Å². The molecule has 30 heavy (non-hydrogen) atoms. The molecular weight excluding hydrogens is 439 g/mol. The topological polar surface area (TPSA) is 82.5 Å². The third kappa shape index (κ3) is 4.97. The molecule has 0 bridgehead atoms. The van der Waals surface area contributed by atoms with E-state index in [-0.39, 0.29) is 5.91 Å². The summed E-state index contributed by atoms with van der Waals surface area (Å²) in [6.45, 7) is 3.55. The van der Waals surface area contributed by atoms with Crippen molar-refractivity contribution in [2.24, 2.45) is 0 Å². The van der Waals surface area contributed by atoms with Gasteiger partial charge in [-0.1, -0.05) is 12.1 Å². The molecule has 1 amide bonds. The first-order valence-electron chi connectivity index (χ1n) is 8.83. The Hall–Kier alpha value is -2.50. The fourth-order valence-electron chi connectivity index (χ4n) is 2.98. The fourth-order valence-corrected chi connectivity index (χ4v) is 5.47. The molecule has 1 aliphatic rings. The average molecular weight is 457 g/mol. The smallest absolute Gasteiger partial charge is 0.475 e. The average Bonchev–Trinajstić information content (AvgIpc) is 3.20. The first kappa shape index (κ1) is 22.2. The Morgan fingerprint density at radius 3 is 2.50 bits per heavy atom. The Morgan fingerprint density at radius 2 is 1.90 bits per heavy atom. The molecule has 0 unspecified atom stereocenters. The molecule has 2 N–H and O–H groups in total. The number of amides is 1. The van der Waals surface area contributed by atoms with Crippen molar-refractivity contribution in [1.82, 2.24) is 9.88 Å². The number of thiazole rings is 1. The lowest BCUT2D eigenvalue weighted by Gasteiger charge is -2.22. The second-order valence-corrected chi connectivity index (χ2v) is 8.80. The summed E-state index contributed by atoms with van der Waals surface area (Å²) in [5.74, 6) is -2.79. The SMILES string of the molecule is CC(=O)Nc1sc2c(c1-c1nc3ccccc3s1)CCN(C)C2.O=C(O)C(F)(F)F. The van der Waals surface area contributed by atoms with E-state index in [2.05, 4.69) is 23.3 Å². The number of alkyl halides is 3. The summed E-state index contributed by atoms with van der Waals surface area (Å²) in [5, 5.41) is 12.1. The molecule has 0 fully saturated rings. The number of thiophene rings is 1. The van der Waals surface area contributed by atoms with Crippen LogP contribution in [-0.2, 0) is 22.6 Å². The Balaban J connectivity index is 0.000000318. The highest BCUT2D eigenvalue weighted by molar-refractivity contribution is 7.22. The number of fused-ring (bicyclic) bond motifs is 2. The second-order valence-electron chi connectivity index (χ2n) is 6.67. The molecule has 0 saturated carbocycles. The van der Waals surface area contributed by atoms with Gasteiger partial charge in [0.15, 0.2) is 0 Å². The van der Waals surface area contributed by atoms with Gasteiger partial charge in [0.2, 0.25) is 5.91 Å². The lowest BCUT2D eigenvalue weighted by atomic mass is 10.0. The number of halogens is 3. The summed E-state index contributed by atoms with van der Waals surface area (Å²) >= 11 is 3.39. The predicted octanol–water partition coefficient (Wildman–Crippen LogP) is 4.60. The third-order valence-corrected chi connectivity index (χ3v) is 6.47. The molecule has 0 spiro atoms. The van der Waals surface area contributed by atoms with Crippen molar-refractivity contribution in [3.8, 4) is 10.6 Å². The van der Waals surface area contributed by atoms with Crippen molar-refractivity contribution in [3.63, 3.8) is 0 Å². The zero-order valence-corrected chi connectivity index (χ0v) is 17.7. The normalized spacial score (nSPS) is 14.0. The molecule has 0 atom stereocenters. The zero-order valence-electron chi connectivity index (χ0n) is 16.0. The highest BCUT2D eigenvalue weighted by atomic mass is 32.1. The number of carboxylic acids is 1. The second kappa shape index (κ2) is 8.70. The van der Waals surface area contributed by atoms with Crippen molar-refractivity contribution in [1.29, 1.82) is 0 Å². The molecule has 2 aromatic heterocycles. The quantitative estimate of drug-likeness (QED) is 0.588. The van der Waals surface area contributed by atoms with Crippen LogP contribution in [0.4, 0.5) is 18.2 Å². The summed E-state index contributed by atoms with van der Waals surface area (Å²) in [7, 11) is 2.14. The van der Waals surface area contributed by atoms with Gasteiger partial charge in [-0.25, -0.2) is 9.78 Å². The Kier molecular flexibility index (Phi) is 6.44. The number of hydrogen-bond acceptors (Lipinski definition) is 6. The van der Waals surface area contributed by atoms with Crippen LogP contribution in [0, 0.1) is 0 Å². The largest absolute Gasteiger partial charge is 0.490 e. The predicted molar refractivity (Wildman–Crippen MR) is 111 cm³/mol. The molecular formula is C19H18F3N3O3S2. The van der Waals surface area contributed by atoms with E-state index < -0.39 is 12.1 Å². The van der Waals surface area contributed by atoms with Gasteiger partial charge in [-0.3, -0.25) is 4.79 Å². The van der Waals surface area contributed by atoms with Gasteiger partial charge in [0.05, 0.1) is 10.2 Å². The zero-order chi connectivity index (χ0) is 22.1. The molecule has 3 aromatic rings. The number of carbonyl (C=O) groups excluding carboxylic acids is 1. The van der Waals surface area contributed by atoms with E-state index in [1.165, 1.54) is 15.1 Å². The molecule has 1 aliphatic heterocycles. The number of anilines is 1. The fraction of sp³-hybridized carbons (Fsp3) is 0.316. The summed E-state index contributed by atoms with van der Waals surface area (Å²) in [6.07, 6.45) is -4.08. The molecule has 1 aromatic carbocycles. The van der Waals surface area contributed by atoms with Crippen LogP contribution < -0.4 is 5.32 Å². The summed E-state index contributed by atoms with van der Waals surface area (Å²) in [4.78, 5) is 29.0. The molecule has 0 aliphatic carbocycles. The maximum Gasteiger partial charge on any atom is 0.490 e. The maximum atomic E-state index is 11.6. The lowest BCUT2D eigenvalue weighted by Crippen LogP contribution is -2.25. The van der Waals surface area contributed by atoms with Crippen LogP contribution >= 0.6 is 22.7 Å². The van der Waals surface area contributed by atoms with Crippen molar-refractivity contribution >= 4 is 49.8 Å². The number of benzene rings is 1. The highest BCUT2D eigenvalue weighted by Crippen LogP contribution is 2.45. The Labute approximate surface area is 178 Å². The number of carboxylic acid groups (broad SMARTS) is 1. The number of para-hydroxylation sites is 1. The van der Waals surface area contributed by atoms with Gasteiger partial charge < -0.3 is 15.3 Å². The standard InChI is InChI=1S/C17H17N3OS2.C2HF3O2/c1-10(21)18-16-15(11-7-8-20(2)9-14(11)23-16)17-19-12-5-3-4-6-13(12)22-17;3-2(4,5)1(6)7/h3-6H,7-9H2,1-2H3,(H,18,21);(H,6,7). The molecule has 11 heteroatoms. The van der Waals surface area contributed by atoms with Crippen LogP contribution in [0.15, 0.2) is 24.3 Å². The summed E-state index contributed by atoms with van der Waals surface area (Å²) in [6, 6.07) is 8.19. The Morgan fingerprint density at radius 1 is 1.23 bits per heavy atom. The van der Waals surface area contributed by atoms with Gasteiger partial charge in [0.25, 0.3) is 0 Å². The van der Waals surface area contributed by atoms with Gasteiger partial charge in [-0.15, -0.1) is 22.7 Å². The van der Waals surface area contributed by atoms with E-state index in [0.717, 1.165) is 40.6 Å². The maximum absolute atomic E-state index is 11.6. The van der Waals surface area contributed by atoms with Crippen LogP contribution in [0.5, 0.6) is 0 Å². The highest BCUT2D eigenvalue weighted by Gasteiger charge is 2.38. The molecule has 160 valence electrons. The number of aliphatic carboxylic acids is 1. The first-order valence-corrected chi connectivity index (χ1v) is 10.5. The number of likely N-dealkylation sites (N-methyl/N-ethyl adjacent to an activating group) is 1. The van der Waals surface area contributed by atoms with Crippen LogP contribution in [0.1, 0.15) is 17.4 Å². The third-order valence-electron chi connectivity index (χ3n) is 4.29. The molecule has 0 saturated heterocycles. The van der Waals surface area contributed by atoms with E-state index in [1.807, 2.05) is 18.2 Å². The van der Waals surface area contributed by atoms with Gasteiger partial charge in [-0.05, 0) is 31.2 Å². The number of nitrogens with zero attached hydrogens (tertiary/aromatic N) is 2. The van der Waals surface area contributed by atoms with Crippen molar-refractivity contribution in [3.05, 3.63) is 34.7 Å². The van der Waals surface area contributed by atoms with E-state index in [4.69, 9.17) is 14.9 Å². The molecule has 4 rings (SSSR count). The molecule has 3 heterocycles. The number of nitrogens with one attached hydrogen (secondary N) is 1. The van der Waals surface area contributed by atoms with Crippen LogP contribution in [0.3, 0.4) is 0 Å². The summed E-state index contributed by atoms with van der Waals surface area (Å²) < 4.78 is 32.9. The first-order chi connectivity index (χ1) is 14.1. The number of carbonyl (C=O) groups is 2. The number of hydrogen-bond donors (Lipinski definition) is 2. The van der Waals surface area contributed by atoms with E-state index in [0.29, 0.717) is 0 Å². The van der Waals surface area contributed by atoms with Gasteiger partial charge in [-0.2, -0.15) is 13.2 Å². The minimum Gasteiger partial charge on any atom is -0.475 e. The molecule has 6 nitrogen and oxygen atoms in total. The van der Waals surface area contributed by atoms with Crippen LogP contribution in [0.2, 0.25) is 0 Å². The van der Waals surface area contributed by atoms with Crippen LogP contribution in [0.25, 0.3) is 20.8 Å². The monoisotopic (exact) mass is 457 g/mol. The molecule has 0 radical (unpaired) electrons. The van der Waals surface area contributed by atoms with E-state index >= 15 is 0 Å².